The van der Waals surface area contributed by atoms with E-state index in [1.807, 2.05) is 13.0 Å². The highest BCUT2D eigenvalue weighted by atomic mass is 16.5. The lowest BCUT2D eigenvalue weighted by atomic mass is 10.0. The molecule has 0 aliphatic carbocycles. The van der Waals surface area contributed by atoms with Gasteiger partial charge in [-0.05, 0) is 19.1 Å². The lowest BCUT2D eigenvalue weighted by Crippen LogP contribution is -2.01. The Bertz CT molecular complexity index is 386. The third kappa shape index (κ3) is 2.14. The van der Waals surface area contributed by atoms with Crippen molar-refractivity contribution in [1.29, 1.82) is 0 Å². The van der Waals surface area contributed by atoms with Crippen LogP contribution in [-0.4, -0.2) is 12.9 Å². The molecule has 0 aromatic heterocycles. The second-order valence-corrected chi connectivity index (χ2v) is 3.01. The minimum absolute atomic E-state index is 0.0759. The Morgan fingerprint density at radius 1 is 1.57 bits per heavy atom. The monoisotopic (exact) mass is 188 g/mol. The predicted molar refractivity (Wildman–Crippen MR) is 55.5 cm³/mol. The van der Waals surface area contributed by atoms with E-state index in [1.54, 1.807) is 12.1 Å². The van der Waals surface area contributed by atoms with Crippen LogP contribution in [0.3, 0.4) is 0 Å². The first-order chi connectivity index (χ1) is 6.69. The number of carbonyl (C=O) groups is 1. The van der Waals surface area contributed by atoms with Gasteiger partial charge in [0.2, 0.25) is 0 Å². The first-order valence-corrected chi connectivity index (χ1v) is 4.30. The maximum absolute atomic E-state index is 11.6. The average Bonchev–Trinajstić information content (AvgIpc) is 2.18. The Labute approximate surface area is 83.9 Å². The molecule has 0 atom stereocenters. The molecule has 0 amide bonds. The smallest absolute Gasteiger partial charge is 0.178 e. The molecule has 0 bridgehead atoms. The largest absolute Gasteiger partial charge is 0.496 e. The van der Waals surface area contributed by atoms with Gasteiger partial charge in [0, 0.05) is 0 Å². The van der Waals surface area contributed by atoms with Crippen LogP contribution in [-0.2, 0) is 0 Å². The molecule has 0 aliphatic heterocycles. The minimum atomic E-state index is -0.0759. The summed E-state index contributed by atoms with van der Waals surface area (Å²) in [6, 6.07) is 5.46. The standard InChI is InChI=1S/C12H12O2/c1-4-5-11(13)10-8-9(2)6-7-12(10)14-3/h1,6-8H,5H2,2-3H3. The highest BCUT2D eigenvalue weighted by Crippen LogP contribution is 2.20. The molecule has 0 unspecified atom stereocenters. The van der Waals surface area contributed by atoms with Crippen LogP contribution in [0.1, 0.15) is 22.3 Å². The minimum Gasteiger partial charge on any atom is -0.496 e. The number of hydrogen-bond donors (Lipinski definition) is 0. The van der Waals surface area contributed by atoms with E-state index in [9.17, 15) is 4.79 Å². The molecule has 0 fully saturated rings. The van der Waals surface area contributed by atoms with Crippen LogP contribution in [0, 0.1) is 19.3 Å². The highest BCUT2D eigenvalue weighted by Gasteiger charge is 2.10. The van der Waals surface area contributed by atoms with E-state index in [0.717, 1.165) is 5.56 Å². The van der Waals surface area contributed by atoms with E-state index >= 15 is 0 Å². The van der Waals surface area contributed by atoms with Crippen LogP contribution in [0.4, 0.5) is 0 Å². The van der Waals surface area contributed by atoms with Gasteiger partial charge < -0.3 is 4.74 Å². The van der Waals surface area contributed by atoms with Gasteiger partial charge in [0.1, 0.15) is 5.75 Å². The van der Waals surface area contributed by atoms with Crippen molar-refractivity contribution in [1.82, 2.24) is 0 Å². The maximum atomic E-state index is 11.6. The van der Waals surface area contributed by atoms with Crippen LogP contribution >= 0.6 is 0 Å². The van der Waals surface area contributed by atoms with E-state index in [-0.39, 0.29) is 12.2 Å². The van der Waals surface area contributed by atoms with Gasteiger partial charge in [0.15, 0.2) is 5.78 Å². The van der Waals surface area contributed by atoms with Crippen LogP contribution < -0.4 is 4.74 Å². The van der Waals surface area contributed by atoms with Gasteiger partial charge in [0.05, 0.1) is 19.1 Å². The molecule has 14 heavy (non-hydrogen) atoms. The van der Waals surface area contributed by atoms with Crippen molar-refractivity contribution in [2.75, 3.05) is 7.11 Å². The molecule has 2 nitrogen and oxygen atoms in total. The van der Waals surface area contributed by atoms with Gasteiger partial charge in [-0.2, -0.15) is 0 Å². The molecule has 1 aromatic carbocycles. The lowest BCUT2D eigenvalue weighted by Gasteiger charge is -2.06. The number of rotatable bonds is 3. The fourth-order valence-corrected chi connectivity index (χ4v) is 1.23. The summed E-state index contributed by atoms with van der Waals surface area (Å²) in [5.74, 6) is 2.84. The fourth-order valence-electron chi connectivity index (χ4n) is 1.23. The number of aryl methyl sites for hydroxylation is 1. The SMILES string of the molecule is C#CCC(=O)c1cc(C)ccc1OC. The Morgan fingerprint density at radius 2 is 2.29 bits per heavy atom. The number of Topliss-reactive ketones (excluding diaryl/α,β-unsaturated/α-hetero) is 1. The number of methoxy groups -OCH3 is 1. The zero-order chi connectivity index (χ0) is 10.6. The Hall–Kier alpha value is -1.75. The molecule has 0 aliphatic rings. The van der Waals surface area contributed by atoms with Crippen LogP contribution in [0.2, 0.25) is 0 Å². The normalized spacial score (nSPS) is 9.21. The van der Waals surface area contributed by atoms with Crippen molar-refractivity contribution >= 4 is 5.78 Å². The Kier molecular flexibility index (Phi) is 3.30. The lowest BCUT2D eigenvalue weighted by molar-refractivity contribution is 0.0995. The summed E-state index contributed by atoms with van der Waals surface area (Å²) in [5, 5.41) is 0. The zero-order valence-electron chi connectivity index (χ0n) is 8.33. The van der Waals surface area contributed by atoms with Crippen molar-refractivity contribution in [3.8, 4) is 18.1 Å². The summed E-state index contributed by atoms with van der Waals surface area (Å²) in [6.45, 7) is 1.92. The molecular weight excluding hydrogens is 176 g/mol. The first kappa shape index (κ1) is 10.3. The van der Waals surface area contributed by atoms with Crippen molar-refractivity contribution < 1.29 is 9.53 Å². The van der Waals surface area contributed by atoms with Crippen molar-refractivity contribution in [3.05, 3.63) is 29.3 Å². The summed E-state index contributed by atoms with van der Waals surface area (Å²) < 4.78 is 5.08. The van der Waals surface area contributed by atoms with Gasteiger partial charge >= 0.3 is 0 Å². The Balaban J connectivity index is 3.11. The number of carbonyl (C=O) groups excluding carboxylic acids is 1. The van der Waals surface area contributed by atoms with E-state index in [0.29, 0.717) is 11.3 Å². The zero-order valence-corrected chi connectivity index (χ0v) is 8.33. The number of hydrogen-bond acceptors (Lipinski definition) is 2. The number of terminal acetylenes is 1. The molecule has 2 heteroatoms. The summed E-state index contributed by atoms with van der Waals surface area (Å²) in [4.78, 5) is 11.6. The van der Waals surface area contributed by atoms with Gasteiger partial charge in [0.25, 0.3) is 0 Å². The molecule has 0 spiro atoms. The Morgan fingerprint density at radius 3 is 2.86 bits per heavy atom. The average molecular weight is 188 g/mol. The fraction of sp³-hybridized carbons (Fsp3) is 0.250. The third-order valence-corrected chi connectivity index (χ3v) is 1.92. The predicted octanol–water partition coefficient (Wildman–Crippen LogP) is 2.21. The second-order valence-electron chi connectivity index (χ2n) is 3.01. The molecule has 0 saturated heterocycles. The van der Waals surface area contributed by atoms with E-state index in [1.165, 1.54) is 7.11 Å². The van der Waals surface area contributed by atoms with Gasteiger partial charge in [-0.25, -0.2) is 0 Å². The van der Waals surface area contributed by atoms with Crippen LogP contribution in [0.25, 0.3) is 0 Å². The third-order valence-electron chi connectivity index (χ3n) is 1.92. The highest BCUT2D eigenvalue weighted by molar-refractivity contribution is 6.00. The van der Waals surface area contributed by atoms with Gasteiger partial charge in [-0.1, -0.05) is 17.6 Å². The molecule has 0 radical (unpaired) electrons. The van der Waals surface area contributed by atoms with Crippen molar-refractivity contribution in [2.45, 2.75) is 13.3 Å². The van der Waals surface area contributed by atoms with Gasteiger partial charge in [-0.3, -0.25) is 4.79 Å². The topological polar surface area (TPSA) is 26.3 Å². The maximum Gasteiger partial charge on any atom is 0.178 e. The molecule has 72 valence electrons. The number of benzene rings is 1. The summed E-state index contributed by atoms with van der Waals surface area (Å²) >= 11 is 0. The molecular formula is C12H12O2. The molecule has 1 aromatic rings. The van der Waals surface area contributed by atoms with Crippen LogP contribution in [0.5, 0.6) is 5.75 Å². The number of ketones is 1. The van der Waals surface area contributed by atoms with E-state index < -0.39 is 0 Å². The summed E-state index contributed by atoms with van der Waals surface area (Å²) in [6.07, 6.45) is 5.20. The first-order valence-electron chi connectivity index (χ1n) is 4.30. The summed E-state index contributed by atoms with van der Waals surface area (Å²) in [5.41, 5.74) is 1.58. The van der Waals surface area contributed by atoms with Crippen LogP contribution in [0.15, 0.2) is 18.2 Å². The van der Waals surface area contributed by atoms with Crippen molar-refractivity contribution in [2.24, 2.45) is 0 Å². The second kappa shape index (κ2) is 4.48. The molecule has 0 N–H and O–H groups in total. The summed E-state index contributed by atoms with van der Waals surface area (Å²) in [7, 11) is 1.54. The number of ether oxygens (including phenoxy) is 1. The van der Waals surface area contributed by atoms with E-state index in [2.05, 4.69) is 5.92 Å². The van der Waals surface area contributed by atoms with Gasteiger partial charge in [-0.15, -0.1) is 6.42 Å². The molecule has 0 heterocycles. The quantitative estimate of drug-likeness (QED) is 0.537. The molecule has 0 saturated carbocycles. The van der Waals surface area contributed by atoms with E-state index in [4.69, 9.17) is 11.2 Å². The van der Waals surface area contributed by atoms with Crippen molar-refractivity contribution in [3.63, 3.8) is 0 Å². The molecule has 1 rings (SSSR count).